The molecule has 0 aromatic heterocycles. The van der Waals surface area contributed by atoms with Crippen LogP contribution in [0.5, 0.6) is 0 Å². The van der Waals surface area contributed by atoms with Crippen LogP contribution in [-0.4, -0.2) is 62.1 Å². The van der Waals surface area contributed by atoms with Crippen molar-refractivity contribution in [2.24, 2.45) is 0 Å². The molecule has 0 aliphatic heterocycles. The zero-order chi connectivity index (χ0) is 26.9. The minimum atomic E-state index is -1.95. The third-order valence-corrected chi connectivity index (χ3v) is 5.54. The number of hydroxylamine groups is 2. The van der Waals surface area contributed by atoms with Gasteiger partial charge in [0, 0.05) is 7.05 Å². The predicted octanol–water partition coefficient (Wildman–Crippen LogP) is 3.64. The number of rotatable bonds is 13. The second kappa shape index (κ2) is 13.3. The van der Waals surface area contributed by atoms with Crippen LogP contribution in [0.4, 0.5) is 5.69 Å². The van der Waals surface area contributed by atoms with Crippen LogP contribution in [0.3, 0.4) is 0 Å². The Morgan fingerprint density at radius 1 is 0.861 bits per heavy atom. The van der Waals surface area contributed by atoms with Gasteiger partial charge in [0.05, 0.1) is 49.7 Å². The minimum absolute atomic E-state index is 0.0289. The van der Waals surface area contributed by atoms with Crippen LogP contribution in [0.25, 0.3) is 11.1 Å². The summed E-state index contributed by atoms with van der Waals surface area (Å²) < 4.78 is 32.5. The first kappa shape index (κ1) is 29.1. The number of carbonyl (C=O) groups excluding carboxylic acids is 3. The third-order valence-electron chi connectivity index (χ3n) is 4.98. The maximum atomic E-state index is 12.8. The summed E-state index contributed by atoms with van der Waals surface area (Å²) in [7, 11) is 0.735. The van der Waals surface area contributed by atoms with Gasteiger partial charge in [-0.25, -0.2) is 14.7 Å². The van der Waals surface area contributed by atoms with Crippen LogP contribution in [0.15, 0.2) is 24.3 Å². The summed E-state index contributed by atoms with van der Waals surface area (Å²) in [6.07, 6.45) is -0.128. The van der Waals surface area contributed by atoms with E-state index in [4.69, 9.17) is 29.5 Å². The second-order valence-corrected chi connectivity index (χ2v) is 8.04. The van der Waals surface area contributed by atoms with Crippen LogP contribution < -0.4 is 5.73 Å². The molecule has 0 aromatic carbocycles. The predicted molar refractivity (Wildman–Crippen MR) is 131 cm³/mol. The van der Waals surface area contributed by atoms with Gasteiger partial charge in [-0.3, -0.25) is 9.36 Å². The van der Waals surface area contributed by atoms with Crippen LogP contribution in [-0.2, 0) is 39.6 Å². The van der Waals surface area contributed by atoms with Crippen molar-refractivity contribution < 1.29 is 42.7 Å². The first-order valence-electron chi connectivity index (χ1n) is 11.4. The largest absolute Gasteiger partial charge is 0.462 e. The van der Waals surface area contributed by atoms with Gasteiger partial charge in [0.2, 0.25) is 5.91 Å². The van der Waals surface area contributed by atoms with E-state index in [0.717, 1.165) is 5.06 Å². The van der Waals surface area contributed by atoms with Gasteiger partial charge < -0.3 is 24.7 Å². The fourth-order valence-electron chi connectivity index (χ4n) is 3.47. The van der Waals surface area contributed by atoms with Crippen molar-refractivity contribution >= 4 is 32.0 Å². The highest BCUT2D eigenvalue weighted by Gasteiger charge is 2.38. The van der Waals surface area contributed by atoms with Crippen molar-refractivity contribution in [2.45, 2.75) is 39.8 Å². The Hall–Kier alpha value is -3.11. The molecule has 2 aliphatic rings. The summed E-state index contributed by atoms with van der Waals surface area (Å²) in [5.41, 5.74) is 5.60. The monoisotopic (exact) mass is 522 g/mol. The van der Waals surface area contributed by atoms with Gasteiger partial charge in [-0.15, -0.1) is 0 Å². The lowest BCUT2D eigenvalue weighted by atomic mass is 10.1. The highest BCUT2D eigenvalue weighted by Crippen LogP contribution is 2.39. The average molecular weight is 522 g/mol. The number of nitrogens with zero attached hydrogens (tertiary/aromatic N) is 1. The third kappa shape index (κ3) is 6.55. The average Bonchev–Trinajstić information content (AvgIpc) is 2.97. The summed E-state index contributed by atoms with van der Waals surface area (Å²) in [5.74, 6) is -1.84. The molecule has 196 valence electrons. The van der Waals surface area contributed by atoms with Gasteiger partial charge in [-0.1, -0.05) is 24.3 Å². The van der Waals surface area contributed by atoms with Crippen molar-refractivity contribution in [3.8, 4) is 11.1 Å². The molecule has 2 aliphatic carbocycles. The summed E-state index contributed by atoms with van der Waals surface area (Å²) in [6.45, 7) is 7.17. The topological polar surface area (TPSA) is 144 Å². The molecule has 0 spiro atoms. The van der Waals surface area contributed by atoms with E-state index in [9.17, 15) is 18.9 Å². The van der Waals surface area contributed by atoms with Crippen LogP contribution in [0.2, 0.25) is 0 Å². The van der Waals surface area contributed by atoms with Crippen molar-refractivity contribution in [3.63, 3.8) is 0 Å². The Morgan fingerprint density at radius 2 is 1.33 bits per heavy atom. The van der Waals surface area contributed by atoms with Gasteiger partial charge in [-0.05, 0) is 44.4 Å². The molecular formula is C24H31N2O9P. The number of nitrogens with two attached hydrogens (primary N) is 1. The molecule has 0 saturated heterocycles. The normalized spacial score (nSPS) is 11.5. The van der Waals surface area contributed by atoms with Crippen LogP contribution in [0.1, 0.15) is 54.0 Å². The first-order valence-corrected chi connectivity index (χ1v) is 12.3. The molecule has 0 radical (unpaired) electrons. The summed E-state index contributed by atoms with van der Waals surface area (Å²) in [5, 5.41) is 0.884. The Bertz CT molecular complexity index is 1010. The van der Waals surface area contributed by atoms with Gasteiger partial charge in [0.1, 0.15) is 0 Å². The van der Waals surface area contributed by atoms with E-state index < -0.39 is 32.0 Å². The molecule has 0 atom stereocenters. The van der Waals surface area contributed by atoms with Crippen molar-refractivity contribution in [3.05, 3.63) is 41.0 Å². The Balaban J connectivity index is 2.42. The van der Waals surface area contributed by atoms with E-state index in [1.54, 1.807) is 52.0 Å². The van der Waals surface area contributed by atoms with Crippen molar-refractivity contribution in [1.29, 1.82) is 0 Å². The molecule has 11 nitrogen and oxygen atoms in total. The van der Waals surface area contributed by atoms with E-state index in [0.29, 0.717) is 16.7 Å². The fourth-order valence-corrected chi connectivity index (χ4v) is 3.99. The maximum absolute atomic E-state index is 12.8. The lowest BCUT2D eigenvalue weighted by Crippen LogP contribution is -2.42. The number of carbonyl (C=O) groups is 3. The molecule has 0 aromatic rings. The van der Waals surface area contributed by atoms with Crippen LogP contribution >= 0.6 is 8.46 Å². The molecule has 12 heteroatoms. The Morgan fingerprint density at radius 3 is 1.72 bits per heavy atom. The molecule has 2 N–H and O–H groups in total. The number of likely N-dealkylation sites (N-methyl/N-ethyl adjacent to an activating group) is 1. The molecule has 0 bridgehead atoms. The number of hydrogen-bond donors (Lipinski definition) is 1. The molecule has 2 rings (SSSR count). The van der Waals surface area contributed by atoms with Crippen LogP contribution in [0, 0.1) is 0 Å². The second-order valence-electron chi connectivity index (χ2n) is 7.31. The molecule has 1 amide bonds. The van der Waals surface area contributed by atoms with E-state index in [2.05, 4.69) is 0 Å². The number of fused-ring (bicyclic) bond motifs is 1. The van der Waals surface area contributed by atoms with E-state index in [1.807, 2.05) is 0 Å². The number of ether oxygens (including phenoxy) is 4. The van der Waals surface area contributed by atoms with Gasteiger partial charge in [0.25, 0.3) is 8.46 Å². The summed E-state index contributed by atoms with van der Waals surface area (Å²) in [4.78, 5) is 43.5. The summed E-state index contributed by atoms with van der Waals surface area (Å²) in [6, 6.07) is 6.42. The minimum Gasteiger partial charge on any atom is -0.462 e. The number of esters is 2. The quantitative estimate of drug-likeness (QED) is 0.179. The SMILES string of the molecule is CCOC(=O)c1c2ccc(CC(=O)N(C)OC(OCC)(OCC)P=O)ccc-2c(C(=O)OCC)c1N. The highest BCUT2D eigenvalue weighted by atomic mass is 31.1. The summed E-state index contributed by atoms with van der Waals surface area (Å²) >= 11 is 0. The molecule has 0 heterocycles. The van der Waals surface area contributed by atoms with E-state index in [1.165, 1.54) is 7.05 Å². The standard InChI is InChI=1S/C24H31N2O9P/c1-6-31-22(28)19-16-12-10-15(11-13-17(16)20(21(19)25)23(29)32-7-2)14-18(27)26(5)35-24(36-30,33-8-3)34-9-4/h10-13H,6-9,14,25H2,1-5H3. The smallest absolute Gasteiger partial charge is 0.389 e. The van der Waals surface area contributed by atoms with Gasteiger partial charge in [0.15, 0.2) is 0 Å². The van der Waals surface area contributed by atoms with Crippen molar-refractivity contribution in [1.82, 2.24) is 5.06 Å². The number of anilines is 1. The zero-order valence-corrected chi connectivity index (χ0v) is 21.9. The molecule has 0 fully saturated rings. The molecular weight excluding hydrogens is 491 g/mol. The zero-order valence-electron chi connectivity index (χ0n) is 21.0. The van der Waals surface area contributed by atoms with Crippen molar-refractivity contribution in [2.75, 3.05) is 39.2 Å². The number of hydrogen-bond acceptors (Lipinski definition) is 10. The molecule has 0 saturated carbocycles. The lowest BCUT2D eigenvalue weighted by Gasteiger charge is -2.29. The van der Waals surface area contributed by atoms with Gasteiger partial charge >= 0.3 is 17.7 Å². The number of nitrogen functional groups attached to an aromatic ring is 1. The fraction of sp³-hybridized carbons (Fsp3) is 0.458. The number of amides is 1. The maximum Gasteiger partial charge on any atom is 0.389 e. The van der Waals surface area contributed by atoms with E-state index >= 15 is 0 Å². The first-order chi connectivity index (χ1) is 17.2. The Kier molecular flexibility index (Phi) is 10.7. The molecule has 36 heavy (non-hydrogen) atoms. The Labute approximate surface area is 211 Å². The lowest BCUT2D eigenvalue weighted by molar-refractivity contribution is -0.383. The van der Waals surface area contributed by atoms with Gasteiger partial charge in [-0.2, -0.15) is 4.84 Å². The van der Waals surface area contributed by atoms with E-state index in [-0.39, 0.29) is 49.7 Å². The molecule has 0 unspecified atom stereocenters. The highest BCUT2D eigenvalue weighted by molar-refractivity contribution is 7.25.